The van der Waals surface area contributed by atoms with Gasteiger partial charge in [0.1, 0.15) is 0 Å². The molecule has 2 N–H and O–H groups in total. The molecule has 5 saturated carbocycles. The highest BCUT2D eigenvalue weighted by Crippen LogP contribution is 2.60. The molecule has 5 fully saturated rings. The highest BCUT2D eigenvalue weighted by molar-refractivity contribution is 5.00. The fraction of sp³-hybridized carbons (Fsp3) is 1.00. The third kappa shape index (κ3) is 2.17. The molecule has 1 heteroatoms. The smallest absolute Gasteiger partial charge is 0.00387 e. The Morgan fingerprint density at radius 2 is 1.26 bits per heavy atom. The van der Waals surface area contributed by atoms with E-state index in [2.05, 4.69) is 6.92 Å². The van der Waals surface area contributed by atoms with Gasteiger partial charge in [0.15, 0.2) is 0 Å². The summed E-state index contributed by atoms with van der Waals surface area (Å²) in [6.07, 6.45) is 13.8. The van der Waals surface area contributed by atoms with Gasteiger partial charge in [0.05, 0.1) is 0 Å². The standard InChI is InChI=1S/C18H31N/c1-11(19)14-2-4-15(5-3-14)18-16-7-12-6-13(9-16)10-17(18)8-12/h11-18H,2-10,19H2,1H3. The summed E-state index contributed by atoms with van der Waals surface area (Å²) in [5, 5.41) is 0. The van der Waals surface area contributed by atoms with Crippen molar-refractivity contribution in [3.05, 3.63) is 0 Å². The average Bonchev–Trinajstić information content (AvgIpc) is 2.38. The molecule has 0 amide bonds. The van der Waals surface area contributed by atoms with E-state index in [0.717, 1.165) is 41.4 Å². The topological polar surface area (TPSA) is 26.0 Å². The summed E-state index contributed by atoms with van der Waals surface area (Å²) in [5.74, 6) is 7.57. The first-order chi connectivity index (χ1) is 9.20. The van der Waals surface area contributed by atoms with Gasteiger partial charge in [-0.1, -0.05) is 0 Å². The van der Waals surface area contributed by atoms with Crippen molar-refractivity contribution in [3.63, 3.8) is 0 Å². The van der Waals surface area contributed by atoms with Crippen LogP contribution in [0.25, 0.3) is 0 Å². The summed E-state index contributed by atoms with van der Waals surface area (Å²) >= 11 is 0. The van der Waals surface area contributed by atoms with Crippen LogP contribution in [0.1, 0.15) is 64.7 Å². The second kappa shape index (κ2) is 4.76. The highest BCUT2D eigenvalue weighted by atomic mass is 14.6. The molecule has 0 saturated heterocycles. The summed E-state index contributed by atoms with van der Waals surface area (Å²) in [4.78, 5) is 0. The third-order valence-corrected chi connectivity index (χ3v) is 7.40. The Morgan fingerprint density at radius 1 is 0.737 bits per heavy atom. The maximum Gasteiger partial charge on any atom is 0.00387 e. The van der Waals surface area contributed by atoms with Gasteiger partial charge in [-0.3, -0.25) is 0 Å². The predicted molar refractivity (Wildman–Crippen MR) is 79.6 cm³/mol. The lowest BCUT2D eigenvalue weighted by Crippen LogP contribution is -2.48. The first-order valence-corrected chi connectivity index (χ1v) is 8.96. The predicted octanol–water partition coefficient (Wildman–Crippen LogP) is 4.21. The first-order valence-electron chi connectivity index (χ1n) is 8.96. The molecule has 0 aliphatic heterocycles. The lowest BCUT2D eigenvalue weighted by molar-refractivity contribution is -0.0705. The zero-order valence-corrected chi connectivity index (χ0v) is 12.6. The minimum atomic E-state index is 0.430. The van der Waals surface area contributed by atoms with Crippen LogP contribution in [-0.2, 0) is 0 Å². The fourth-order valence-corrected chi connectivity index (χ4v) is 6.79. The zero-order valence-electron chi connectivity index (χ0n) is 12.6. The zero-order chi connectivity index (χ0) is 13.0. The SMILES string of the molecule is CC(N)C1CCC(C2C3CC4CC(C3)CC2C4)CC1. The maximum atomic E-state index is 6.11. The Bertz CT molecular complexity index is 299. The lowest BCUT2D eigenvalue weighted by atomic mass is 9.48. The van der Waals surface area contributed by atoms with Gasteiger partial charge in [-0.05, 0) is 106 Å². The first kappa shape index (κ1) is 12.7. The van der Waals surface area contributed by atoms with Crippen molar-refractivity contribution in [2.75, 3.05) is 0 Å². The van der Waals surface area contributed by atoms with Gasteiger partial charge in [-0.2, -0.15) is 0 Å². The summed E-state index contributed by atoms with van der Waals surface area (Å²) < 4.78 is 0. The van der Waals surface area contributed by atoms with Gasteiger partial charge in [-0.15, -0.1) is 0 Å². The van der Waals surface area contributed by atoms with Crippen molar-refractivity contribution in [2.24, 2.45) is 47.2 Å². The second-order valence-corrected chi connectivity index (χ2v) is 8.54. The molecule has 0 aromatic rings. The number of hydrogen-bond acceptors (Lipinski definition) is 1. The Morgan fingerprint density at radius 3 is 1.74 bits per heavy atom. The molecular formula is C18H31N. The van der Waals surface area contributed by atoms with E-state index >= 15 is 0 Å². The third-order valence-electron chi connectivity index (χ3n) is 7.40. The molecule has 1 nitrogen and oxygen atoms in total. The van der Waals surface area contributed by atoms with Gasteiger partial charge < -0.3 is 5.73 Å². The molecule has 1 atom stereocenters. The van der Waals surface area contributed by atoms with Crippen molar-refractivity contribution in [1.29, 1.82) is 0 Å². The van der Waals surface area contributed by atoms with E-state index in [1.807, 2.05) is 0 Å². The van der Waals surface area contributed by atoms with E-state index < -0.39 is 0 Å². The molecule has 0 aromatic carbocycles. The second-order valence-electron chi connectivity index (χ2n) is 8.54. The van der Waals surface area contributed by atoms with Crippen molar-refractivity contribution in [2.45, 2.75) is 70.8 Å². The van der Waals surface area contributed by atoms with Crippen LogP contribution in [0.5, 0.6) is 0 Å². The molecule has 19 heavy (non-hydrogen) atoms. The van der Waals surface area contributed by atoms with Crippen molar-refractivity contribution < 1.29 is 0 Å². The maximum absolute atomic E-state index is 6.11. The van der Waals surface area contributed by atoms with Gasteiger partial charge in [-0.25, -0.2) is 0 Å². The summed E-state index contributed by atoms with van der Waals surface area (Å²) in [5.41, 5.74) is 6.11. The van der Waals surface area contributed by atoms with Crippen molar-refractivity contribution in [1.82, 2.24) is 0 Å². The number of hydrogen-bond donors (Lipinski definition) is 1. The van der Waals surface area contributed by atoms with E-state index in [1.165, 1.54) is 25.7 Å². The molecule has 5 aliphatic carbocycles. The molecule has 5 rings (SSSR count). The Balaban J connectivity index is 1.43. The van der Waals surface area contributed by atoms with E-state index in [0.29, 0.717) is 6.04 Å². The van der Waals surface area contributed by atoms with Crippen LogP contribution in [-0.4, -0.2) is 6.04 Å². The van der Waals surface area contributed by atoms with Crippen LogP contribution >= 0.6 is 0 Å². The molecule has 1 unspecified atom stereocenters. The highest BCUT2D eigenvalue weighted by Gasteiger charge is 2.50. The van der Waals surface area contributed by atoms with Crippen molar-refractivity contribution in [3.8, 4) is 0 Å². The number of nitrogens with two attached hydrogens (primary N) is 1. The van der Waals surface area contributed by atoms with E-state index in [-0.39, 0.29) is 0 Å². The Labute approximate surface area is 118 Å². The van der Waals surface area contributed by atoms with Crippen LogP contribution in [0.2, 0.25) is 0 Å². The molecule has 5 aliphatic rings. The molecule has 0 aromatic heterocycles. The normalized spacial score (nSPS) is 54.3. The molecule has 4 bridgehead atoms. The van der Waals surface area contributed by atoms with Crippen molar-refractivity contribution >= 4 is 0 Å². The van der Waals surface area contributed by atoms with Gasteiger partial charge in [0.2, 0.25) is 0 Å². The lowest BCUT2D eigenvalue weighted by Gasteiger charge is -2.57. The number of rotatable bonds is 2. The fourth-order valence-electron chi connectivity index (χ4n) is 6.79. The van der Waals surface area contributed by atoms with Gasteiger partial charge in [0.25, 0.3) is 0 Å². The van der Waals surface area contributed by atoms with Crippen LogP contribution < -0.4 is 5.73 Å². The molecule has 108 valence electrons. The van der Waals surface area contributed by atoms with Crippen LogP contribution in [0, 0.1) is 41.4 Å². The Hall–Kier alpha value is -0.0400. The molecular weight excluding hydrogens is 230 g/mol. The van der Waals surface area contributed by atoms with E-state index in [4.69, 9.17) is 5.73 Å². The summed E-state index contributed by atoms with van der Waals surface area (Å²) in [6.45, 7) is 2.22. The molecule has 0 radical (unpaired) electrons. The minimum Gasteiger partial charge on any atom is -0.328 e. The van der Waals surface area contributed by atoms with Crippen LogP contribution in [0.4, 0.5) is 0 Å². The summed E-state index contributed by atoms with van der Waals surface area (Å²) in [6, 6.07) is 0.430. The Kier molecular flexibility index (Phi) is 3.17. The quantitative estimate of drug-likeness (QED) is 0.791. The van der Waals surface area contributed by atoms with Crippen LogP contribution in [0.3, 0.4) is 0 Å². The average molecular weight is 261 g/mol. The minimum absolute atomic E-state index is 0.430. The largest absolute Gasteiger partial charge is 0.328 e. The van der Waals surface area contributed by atoms with Gasteiger partial charge in [0, 0.05) is 6.04 Å². The van der Waals surface area contributed by atoms with Crippen LogP contribution in [0.15, 0.2) is 0 Å². The summed E-state index contributed by atoms with van der Waals surface area (Å²) in [7, 11) is 0. The molecule has 0 heterocycles. The van der Waals surface area contributed by atoms with Gasteiger partial charge >= 0.3 is 0 Å². The molecule has 0 spiro atoms. The monoisotopic (exact) mass is 261 g/mol. The van der Waals surface area contributed by atoms with E-state index in [1.54, 1.807) is 32.1 Å². The van der Waals surface area contributed by atoms with E-state index in [9.17, 15) is 0 Å².